The van der Waals surface area contributed by atoms with Gasteiger partial charge in [-0.15, -0.1) is 0 Å². The van der Waals surface area contributed by atoms with Gasteiger partial charge in [0, 0.05) is 0 Å². The van der Waals surface area contributed by atoms with Crippen molar-refractivity contribution < 1.29 is 0 Å². The maximum absolute atomic E-state index is 5.17. The SMILES string of the molecule is [B]S([B])([B])CC. The van der Waals surface area contributed by atoms with Crippen LogP contribution >= 0.6 is 9.58 Å². The molecule has 0 aromatic heterocycles. The predicted octanol–water partition coefficient (Wildman–Crippen LogP) is 0.0614. The Labute approximate surface area is 44.3 Å². The highest BCUT2D eigenvalue weighted by Crippen LogP contribution is 2.28. The van der Waals surface area contributed by atoms with Gasteiger partial charge in [-0.3, -0.25) is 0 Å². The van der Waals surface area contributed by atoms with Crippen molar-refractivity contribution in [2.45, 2.75) is 6.92 Å². The smallest absolute Gasteiger partial charge is 0.113 e. The molecule has 0 saturated carbocycles. The summed E-state index contributed by atoms with van der Waals surface area (Å²) in [5.41, 5.74) is 0. The van der Waals surface area contributed by atoms with E-state index in [2.05, 4.69) is 0 Å². The fourth-order valence-corrected chi connectivity index (χ4v) is 0. The third kappa shape index (κ3) is 4.54. The second kappa shape index (κ2) is 2.01. The molecule has 0 spiro atoms. The molecule has 0 saturated heterocycles. The molecule has 28 valence electrons. The van der Waals surface area contributed by atoms with E-state index in [0.29, 0.717) is 5.75 Å². The van der Waals surface area contributed by atoms with E-state index >= 15 is 0 Å². The van der Waals surface area contributed by atoms with Gasteiger partial charge in [-0.05, 0) is 0 Å². The largest absolute Gasteiger partial charge is 0.365 e. The zero-order valence-electron chi connectivity index (χ0n) is 3.85. The van der Waals surface area contributed by atoms with Gasteiger partial charge in [0.05, 0.1) is 0 Å². The van der Waals surface area contributed by atoms with Gasteiger partial charge in [-0.25, -0.2) is 0 Å². The van der Waals surface area contributed by atoms with Crippen LogP contribution in [0.2, 0.25) is 0 Å². The highest BCUT2D eigenvalue weighted by atomic mass is 32.3. The van der Waals surface area contributed by atoms with Crippen molar-refractivity contribution in [3.63, 3.8) is 0 Å². The molecule has 6 radical (unpaired) electrons. The molecule has 0 bridgehead atoms. The third-order valence-corrected chi connectivity index (χ3v) is 1.50. The van der Waals surface area contributed by atoms with Crippen LogP contribution in [0, 0.1) is 0 Å². The lowest BCUT2D eigenvalue weighted by Gasteiger charge is -2.23. The summed E-state index contributed by atoms with van der Waals surface area (Å²) in [4.78, 5) is 0. The van der Waals surface area contributed by atoms with Crippen molar-refractivity contribution in [3.05, 3.63) is 0 Å². The number of hydrogen-bond donors (Lipinski definition) is 0. The fourth-order valence-electron chi connectivity index (χ4n) is 0. The highest BCUT2D eigenvalue weighted by molar-refractivity contribution is 8.76. The predicted molar refractivity (Wildman–Crippen MR) is 35.4 cm³/mol. The van der Waals surface area contributed by atoms with Crippen LogP contribution in [0.15, 0.2) is 0 Å². The molecular formula is C2H5B3S. The number of rotatable bonds is 1. The highest BCUT2D eigenvalue weighted by Gasteiger charge is 1.95. The Kier molecular flexibility index (Phi) is 2.19. The first-order valence-electron chi connectivity index (χ1n) is 1.70. The van der Waals surface area contributed by atoms with Gasteiger partial charge in [-0.1, -0.05) is 12.7 Å². The quantitative estimate of drug-likeness (QED) is 0.402. The molecule has 6 heavy (non-hydrogen) atoms. The Morgan fingerprint density at radius 3 is 1.50 bits per heavy atom. The first-order chi connectivity index (χ1) is 2.56. The molecule has 0 aromatic carbocycles. The van der Waals surface area contributed by atoms with Crippen LogP contribution in [-0.4, -0.2) is 27.1 Å². The monoisotopic (exact) mass is 94.0 g/mol. The zero-order valence-corrected chi connectivity index (χ0v) is 4.66. The van der Waals surface area contributed by atoms with Crippen LogP contribution in [-0.2, 0) is 0 Å². The van der Waals surface area contributed by atoms with Gasteiger partial charge in [0.15, 0.2) is 0 Å². The maximum atomic E-state index is 5.17. The van der Waals surface area contributed by atoms with Gasteiger partial charge in [0.2, 0.25) is 0 Å². The average molecular weight is 93.6 g/mol. The van der Waals surface area contributed by atoms with Gasteiger partial charge in [-0.2, -0.15) is 0 Å². The normalized spacial score (nSPS) is 14.2. The van der Waals surface area contributed by atoms with E-state index in [-0.39, 0.29) is 0 Å². The van der Waals surface area contributed by atoms with E-state index in [9.17, 15) is 0 Å². The van der Waals surface area contributed by atoms with Crippen LogP contribution in [0.25, 0.3) is 0 Å². The molecule has 4 heteroatoms. The fraction of sp³-hybridized carbons (Fsp3) is 1.00. The zero-order chi connectivity index (χ0) is 5.21. The summed E-state index contributed by atoms with van der Waals surface area (Å²) in [6.45, 7) is 1.87. The summed E-state index contributed by atoms with van der Waals surface area (Å²) in [5.74, 6) is 0.688. The van der Waals surface area contributed by atoms with E-state index in [1.165, 1.54) is 0 Å². The van der Waals surface area contributed by atoms with Crippen molar-refractivity contribution in [2.75, 3.05) is 5.75 Å². The minimum absolute atomic E-state index is 0.688. The van der Waals surface area contributed by atoms with E-state index in [0.717, 1.165) is 0 Å². The lowest BCUT2D eigenvalue weighted by atomic mass is 10.7. The van der Waals surface area contributed by atoms with Crippen molar-refractivity contribution in [1.82, 2.24) is 0 Å². The Morgan fingerprint density at radius 2 is 1.50 bits per heavy atom. The second-order valence-corrected chi connectivity index (χ2v) is 3.59. The molecule has 0 aliphatic carbocycles. The van der Waals surface area contributed by atoms with Crippen molar-refractivity contribution >= 4 is 31.0 Å². The van der Waals surface area contributed by atoms with Gasteiger partial charge < -0.3 is 9.58 Å². The maximum Gasteiger partial charge on any atom is 0.113 e. The van der Waals surface area contributed by atoms with Crippen LogP contribution < -0.4 is 0 Å². The second-order valence-electron chi connectivity index (χ2n) is 1.20. The molecule has 0 amide bonds. The Hall–Kier alpha value is 0.545. The minimum Gasteiger partial charge on any atom is -0.365 e. The molecule has 0 aromatic rings. The topological polar surface area (TPSA) is 0 Å². The molecule has 0 fully saturated rings. The van der Waals surface area contributed by atoms with E-state index in [1.807, 2.05) is 6.92 Å². The van der Waals surface area contributed by atoms with Gasteiger partial charge in [0.1, 0.15) is 21.4 Å². The Bertz CT molecular complexity index is 38.5. The molecule has 0 unspecified atom stereocenters. The van der Waals surface area contributed by atoms with E-state index < -0.39 is 9.58 Å². The van der Waals surface area contributed by atoms with Crippen molar-refractivity contribution in [2.24, 2.45) is 0 Å². The van der Waals surface area contributed by atoms with Gasteiger partial charge in [0.25, 0.3) is 0 Å². The van der Waals surface area contributed by atoms with Crippen LogP contribution in [0.4, 0.5) is 0 Å². The summed E-state index contributed by atoms with van der Waals surface area (Å²) >= 11 is 0. The molecule has 0 heterocycles. The van der Waals surface area contributed by atoms with Crippen LogP contribution in [0.3, 0.4) is 0 Å². The third-order valence-electron chi connectivity index (χ3n) is 0.500. The van der Waals surface area contributed by atoms with Crippen molar-refractivity contribution in [3.8, 4) is 0 Å². The first-order valence-corrected chi connectivity index (χ1v) is 3.69. The summed E-state index contributed by atoms with van der Waals surface area (Å²) in [6.07, 6.45) is 0. The molecule has 0 aliphatic rings. The number of hydrogen-bond acceptors (Lipinski definition) is 0. The van der Waals surface area contributed by atoms with Crippen LogP contribution in [0.5, 0.6) is 0 Å². The Balaban J connectivity index is 3.17. The first kappa shape index (κ1) is 6.54. The van der Waals surface area contributed by atoms with Crippen molar-refractivity contribution in [1.29, 1.82) is 0 Å². The molecule has 0 N–H and O–H groups in total. The summed E-state index contributed by atoms with van der Waals surface area (Å²) in [7, 11) is 13.9. The summed E-state index contributed by atoms with van der Waals surface area (Å²) in [6, 6.07) is 0. The standard InChI is InChI=1S/C2H5B3S/c1-2-6(3,4)5/h2H2,1H3. The molecule has 0 aliphatic heterocycles. The molecule has 0 nitrogen and oxygen atoms in total. The summed E-state index contributed by atoms with van der Waals surface area (Å²) in [5, 5.41) is 0. The average Bonchev–Trinajstić information content (AvgIpc) is 1.35. The van der Waals surface area contributed by atoms with Crippen LogP contribution in [0.1, 0.15) is 6.92 Å². The van der Waals surface area contributed by atoms with E-state index in [1.54, 1.807) is 0 Å². The molecule has 0 rings (SSSR count). The Morgan fingerprint density at radius 1 is 1.33 bits per heavy atom. The lowest BCUT2D eigenvalue weighted by molar-refractivity contribution is 1.53. The lowest BCUT2D eigenvalue weighted by Crippen LogP contribution is -1.98. The summed E-state index contributed by atoms with van der Waals surface area (Å²) < 4.78 is 0. The van der Waals surface area contributed by atoms with E-state index in [4.69, 9.17) is 21.4 Å². The molecule has 0 atom stereocenters. The van der Waals surface area contributed by atoms with Gasteiger partial charge >= 0.3 is 0 Å². The molecular weight excluding hydrogens is 88.5 g/mol. The minimum atomic E-state index is -1.66.